The smallest absolute Gasteiger partial charge is 0.320 e. The first-order chi connectivity index (χ1) is 7.59. The fraction of sp³-hybridized carbons (Fsp3) is 0.462. The number of nitrogens with one attached hydrogen (secondary N) is 1. The van der Waals surface area contributed by atoms with Gasteiger partial charge in [0.1, 0.15) is 6.10 Å². The normalized spacial score (nSPS) is 12.5. The SMILES string of the molecule is CC(C)NCC(=O)OC(C)c1ccccc1. The van der Waals surface area contributed by atoms with E-state index < -0.39 is 0 Å². The molecule has 1 atom stereocenters. The molecule has 3 nitrogen and oxygen atoms in total. The van der Waals surface area contributed by atoms with Crippen molar-refractivity contribution in [2.24, 2.45) is 0 Å². The van der Waals surface area contributed by atoms with E-state index in [0.29, 0.717) is 6.04 Å². The summed E-state index contributed by atoms with van der Waals surface area (Å²) < 4.78 is 5.29. The molecule has 0 aliphatic rings. The van der Waals surface area contributed by atoms with Crippen LogP contribution >= 0.6 is 0 Å². The predicted octanol–water partition coefficient (Wildman–Crippen LogP) is 2.29. The highest BCUT2D eigenvalue weighted by Crippen LogP contribution is 2.15. The van der Waals surface area contributed by atoms with Gasteiger partial charge in [-0.2, -0.15) is 0 Å². The van der Waals surface area contributed by atoms with Crippen LogP contribution in [0, 0.1) is 0 Å². The van der Waals surface area contributed by atoms with Gasteiger partial charge in [-0.1, -0.05) is 44.2 Å². The number of rotatable bonds is 5. The molecular formula is C13H19NO2. The van der Waals surface area contributed by atoms with Gasteiger partial charge in [-0.05, 0) is 12.5 Å². The third-order valence-electron chi connectivity index (χ3n) is 2.23. The van der Waals surface area contributed by atoms with Gasteiger partial charge in [0.05, 0.1) is 6.54 Å². The highest BCUT2D eigenvalue weighted by Gasteiger charge is 2.10. The molecule has 0 aromatic heterocycles. The van der Waals surface area contributed by atoms with E-state index in [1.54, 1.807) is 0 Å². The molecule has 0 radical (unpaired) electrons. The van der Waals surface area contributed by atoms with Crippen molar-refractivity contribution in [1.82, 2.24) is 5.32 Å². The molecule has 0 fully saturated rings. The van der Waals surface area contributed by atoms with Gasteiger partial charge < -0.3 is 10.1 Å². The molecule has 0 saturated carbocycles. The molecular weight excluding hydrogens is 202 g/mol. The van der Waals surface area contributed by atoms with Crippen LogP contribution in [0.25, 0.3) is 0 Å². The Bertz CT molecular complexity index is 322. The van der Waals surface area contributed by atoms with Gasteiger partial charge in [-0.3, -0.25) is 4.79 Å². The Hall–Kier alpha value is -1.35. The van der Waals surface area contributed by atoms with E-state index in [9.17, 15) is 4.79 Å². The number of hydrogen-bond acceptors (Lipinski definition) is 3. The maximum atomic E-state index is 11.4. The second-order valence-electron chi connectivity index (χ2n) is 4.08. The second-order valence-corrected chi connectivity index (χ2v) is 4.08. The first kappa shape index (κ1) is 12.7. The minimum Gasteiger partial charge on any atom is -0.457 e. The molecule has 3 heteroatoms. The molecule has 0 amide bonds. The summed E-state index contributed by atoms with van der Waals surface area (Å²) in [7, 11) is 0. The molecule has 1 N–H and O–H groups in total. The number of ether oxygens (including phenoxy) is 1. The summed E-state index contributed by atoms with van der Waals surface area (Å²) in [4.78, 5) is 11.4. The Morgan fingerprint density at radius 3 is 2.44 bits per heavy atom. The van der Waals surface area contributed by atoms with Gasteiger partial charge in [-0.25, -0.2) is 0 Å². The van der Waals surface area contributed by atoms with Gasteiger partial charge in [-0.15, -0.1) is 0 Å². The lowest BCUT2D eigenvalue weighted by Crippen LogP contribution is -2.30. The first-order valence-corrected chi connectivity index (χ1v) is 5.57. The zero-order valence-electron chi connectivity index (χ0n) is 10.1. The lowest BCUT2D eigenvalue weighted by molar-refractivity contribution is -0.147. The zero-order valence-corrected chi connectivity index (χ0v) is 10.1. The maximum absolute atomic E-state index is 11.4. The summed E-state index contributed by atoms with van der Waals surface area (Å²) in [5.41, 5.74) is 1.01. The number of carbonyl (C=O) groups excluding carboxylic acids is 1. The quantitative estimate of drug-likeness (QED) is 0.775. The maximum Gasteiger partial charge on any atom is 0.320 e. The van der Waals surface area contributed by atoms with Crippen molar-refractivity contribution in [2.45, 2.75) is 32.9 Å². The van der Waals surface area contributed by atoms with Crippen molar-refractivity contribution in [3.8, 4) is 0 Å². The van der Waals surface area contributed by atoms with Crippen LogP contribution in [0.1, 0.15) is 32.4 Å². The summed E-state index contributed by atoms with van der Waals surface area (Å²) in [6.45, 7) is 6.12. The number of carbonyl (C=O) groups is 1. The lowest BCUT2D eigenvalue weighted by Gasteiger charge is -2.14. The van der Waals surface area contributed by atoms with Gasteiger partial charge in [0, 0.05) is 6.04 Å². The van der Waals surface area contributed by atoms with E-state index in [-0.39, 0.29) is 18.6 Å². The molecule has 1 aromatic carbocycles. The molecule has 1 unspecified atom stereocenters. The van der Waals surface area contributed by atoms with Crippen LogP contribution in [0.3, 0.4) is 0 Å². The third-order valence-corrected chi connectivity index (χ3v) is 2.23. The molecule has 0 saturated heterocycles. The largest absolute Gasteiger partial charge is 0.457 e. The standard InChI is InChI=1S/C13H19NO2/c1-10(2)14-9-13(15)16-11(3)12-7-5-4-6-8-12/h4-8,10-11,14H,9H2,1-3H3. The average molecular weight is 221 g/mol. The van der Waals surface area contributed by atoms with E-state index in [1.807, 2.05) is 51.1 Å². The average Bonchev–Trinajstić information content (AvgIpc) is 2.27. The summed E-state index contributed by atoms with van der Waals surface area (Å²) >= 11 is 0. The Morgan fingerprint density at radius 1 is 1.25 bits per heavy atom. The summed E-state index contributed by atoms with van der Waals surface area (Å²) in [5.74, 6) is -0.218. The molecule has 0 aliphatic heterocycles. The molecule has 0 aliphatic carbocycles. The molecule has 0 bridgehead atoms. The van der Waals surface area contributed by atoms with E-state index >= 15 is 0 Å². The van der Waals surface area contributed by atoms with Gasteiger partial charge in [0.2, 0.25) is 0 Å². The van der Waals surface area contributed by atoms with E-state index in [0.717, 1.165) is 5.56 Å². The zero-order chi connectivity index (χ0) is 12.0. The van der Waals surface area contributed by atoms with Gasteiger partial charge in [0.15, 0.2) is 0 Å². The summed E-state index contributed by atoms with van der Waals surface area (Å²) in [6, 6.07) is 10.0. The lowest BCUT2D eigenvalue weighted by atomic mass is 10.1. The van der Waals surface area contributed by atoms with Crippen LogP contribution in [0.4, 0.5) is 0 Å². The molecule has 16 heavy (non-hydrogen) atoms. The number of esters is 1. The fourth-order valence-corrected chi connectivity index (χ4v) is 1.32. The van der Waals surface area contributed by atoms with Gasteiger partial charge in [0.25, 0.3) is 0 Å². The predicted molar refractivity (Wildman–Crippen MR) is 64.1 cm³/mol. The minimum absolute atomic E-state index is 0.192. The van der Waals surface area contributed by atoms with Crippen molar-refractivity contribution >= 4 is 5.97 Å². The van der Waals surface area contributed by atoms with Gasteiger partial charge >= 0.3 is 5.97 Å². The molecule has 88 valence electrons. The second kappa shape index (κ2) is 6.28. The van der Waals surface area contributed by atoms with Crippen molar-refractivity contribution in [3.63, 3.8) is 0 Å². The van der Waals surface area contributed by atoms with Crippen LogP contribution in [0.2, 0.25) is 0 Å². The number of hydrogen-bond donors (Lipinski definition) is 1. The van der Waals surface area contributed by atoms with E-state index in [2.05, 4.69) is 5.32 Å². The Labute approximate surface area is 96.8 Å². The monoisotopic (exact) mass is 221 g/mol. The molecule has 1 rings (SSSR count). The highest BCUT2D eigenvalue weighted by atomic mass is 16.5. The third kappa shape index (κ3) is 4.45. The Balaban J connectivity index is 2.40. The van der Waals surface area contributed by atoms with Crippen molar-refractivity contribution in [3.05, 3.63) is 35.9 Å². The Morgan fingerprint density at radius 2 is 1.88 bits per heavy atom. The molecule has 0 spiro atoms. The van der Waals surface area contributed by atoms with Crippen molar-refractivity contribution < 1.29 is 9.53 Å². The van der Waals surface area contributed by atoms with Crippen molar-refractivity contribution in [1.29, 1.82) is 0 Å². The molecule has 1 aromatic rings. The minimum atomic E-state index is -0.218. The van der Waals surface area contributed by atoms with Crippen LogP contribution in [-0.2, 0) is 9.53 Å². The fourth-order valence-electron chi connectivity index (χ4n) is 1.32. The van der Waals surface area contributed by atoms with Crippen LogP contribution in [-0.4, -0.2) is 18.6 Å². The van der Waals surface area contributed by atoms with E-state index in [4.69, 9.17) is 4.74 Å². The number of benzene rings is 1. The molecule has 0 heterocycles. The van der Waals surface area contributed by atoms with Crippen molar-refractivity contribution in [2.75, 3.05) is 6.54 Å². The van der Waals surface area contributed by atoms with Crippen LogP contribution < -0.4 is 5.32 Å². The summed E-state index contributed by atoms with van der Waals surface area (Å²) in [6.07, 6.45) is -0.192. The van der Waals surface area contributed by atoms with Crippen LogP contribution in [0.15, 0.2) is 30.3 Å². The van der Waals surface area contributed by atoms with Crippen LogP contribution in [0.5, 0.6) is 0 Å². The highest BCUT2D eigenvalue weighted by molar-refractivity contribution is 5.72. The van der Waals surface area contributed by atoms with E-state index in [1.165, 1.54) is 0 Å². The first-order valence-electron chi connectivity index (χ1n) is 5.57. The Kier molecular flexibility index (Phi) is 4.99. The topological polar surface area (TPSA) is 38.3 Å². The summed E-state index contributed by atoms with van der Waals surface area (Å²) in [5, 5.41) is 3.03.